The van der Waals surface area contributed by atoms with Gasteiger partial charge < -0.3 is 4.74 Å². The predicted octanol–water partition coefficient (Wildman–Crippen LogP) is 7.12. The Hall–Kier alpha value is -1.09. The fraction of sp³-hybridized carbons (Fsp3) is 0.619. The Morgan fingerprint density at radius 1 is 0.880 bits per heavy atom. The van der Waals surface area contributed by atoms with E-state index in [2.05, 4.69) is 10.8 Å². The topological polar surface area (TPSA) is 9.23 Å². The molecular formula is C21H27ClF2O. The molecule has 25 heavy (non-hydrogen) atoms. The van der Waals surface area contributed by atoms with E-state index in [4.69, 9.17) is 11.6 Å². The van der Waals surface area contributed by atoms with Gasteiger partial charge in [-0.3, -0.25) is 0 Å². The largest absolute Gasteiger partial charge is 0.435 e. The minimum atomic E-state index is -2.75. The number of benzene rings is 1. The molecule has 0 heterocycles. The Balaban J connectivity index is 1.47. The average molecular weight is 369 g/mol. The first-order chi connectivity index (χ1) is 12.2. The van der Waals surface area contributed by atoms with Crippen molar-refractivity contribution in [2.75, 3.05) is 0 Å². The van der Waals surface area contributed by atoms with Crippen LogP contribution in [-0.4, -0.2) is 6.61 Å². The lowest BCUT2D eigenvalue weighted by Gasteiger charge is -2.37. The van der Waals surface area contributed by atoms with E-state index < -0.39 is 6.61 Å². The summed E-state index contributed by atoms with van der Waals surface area (Å²) in [7, 11) is 0. The van der Waals surface area contributed by atoms with Crippen molar-refractivity contribution in [1.82, 2.24) is 0 Å². The predicted molar refractivity (Wildman–Crippen MR) is 98.2 cm³/mol. The van der Waals surface area contributed by atoms with Crippen LogP contribution in [-0.2, 0) is 0 Å². The smallest absolute Gasteiger partial charge is 0.387 e. The molecule has 0 aliphatic heterocycles. The van der Waals surface area contributed by atoms with E-state index in [9.17, 15) is 8.78 Å². The maximum Gasteiger partial charge on any atom is 0.387 e. The molecule has 0 spiro atoms. The van der Waals surface area contributed by atoms with E-state index in [1.54, 1.807) is 17.7 Å². The minimum absolute atomic E-state index is 0.246. The van der Waals surface area contributed by atoms with Gasteiger partial charge in [0.15, 0.2) is 0 Å². The third-order valence-electron chi connectivity index (χ3n) is 6.18. The summed E-state index contributed by atoms with van der Waals surface area (Å²) in [5.74, 6) is 3.22. The Morgan fingerprint density at radius 2 is 1.44 bits per heavy atom. The lowest BCUT2D eigenvalue weighted by molar-refractivity contribution is -0.0498. The van der Waals surface area contributed by atoms with Crippen molar-refractivity contribution in [3.8, 4) is 5.75 Å². The van der Waals surface area contributed by atoms with Gasteiger partial charge in [-0.15, -0.1) is 0 Å². The number of hydrogen-bond donors (Lipinski definition) is 0. The molecule has 0 aromatic heterocycles. The number of rotatable bonds is 5. The SMILES string of the molecule is FC(F)Oc1ccc(C2CCC([C@H]3CC[C@H](/C=C/Cl)CC3)CC2)cc1. The summed E-state index contributed by atoms with van der Waals surface area (Å²) in [5.41, 5.74) is 2.93. The van der Waals surface area contributed by atoms with Crippen LogP contribution in [0.5, 0.6) is 5.75 Å². The summed E-state index contributed by atoms with van der Waals surface area (Å²) in [5, 5.41) is 0. The van der Waals surface area contributed by atoms with E-state index in [1.165, 1.54) is 56.9 Å². The minimum Gasteiger partial charge on any atom is -0.435 e. The van der Waals surface area contributed by atoms with Crippen molar-refractivity contribution in [3.63, 3.8) is 0 Å². The molecule has 0 saturated heterocycles. The van der Waals surface area contributed by atoms with Crippen molar-refractivity contribution in [2.45, 2.75) is 63.9 Å². The molecule has 2 fully saturated rings. The molecule has 0 amide bonds. The van der Waals surface area contributed by atoms with Gasteiger partial charge in [0.25, 0.3) is 0 Å². The molecule has 1 aromatic rings. The van der Waals surface area contributed by atoms with Gasteiger partial charge in [-0.25, -0.2) is 0 Å². The van der Waals surface area contributed by atoms with Gasteiger partial charge >= 0.3 is 6.61 Å². The van der Waals surface area contributed by atoms with Crippen LogP contribution in [0.2, 0.25) is 0 Å². The molecular weight excluding hydrogens is 342 g/mol. The van der Waals surface area contributed by atoms with Gasteiger partial charge in [0.1, 0.15) is 5.75 Å². The van der Waals surface area contributed by atoms with Crippen LogP contribution in [0.25, 0.3) is 0 Å². The van der Waals surface area contributed by atoms with Gasteiger partial charge in [-0.05, 0) is 92.7 Å². The van der Waals surface area contributed by atoms with Gasteiger partial charge in [0.2, 0.25) is 0 Å². The monoisotopic (exact) mass is 368 g/mol. The molecule has 4 heteroatoms. The molecule has 3 rings (SSSR count). The zero-order chi connectivity index (χ0) is 17.6. The molecule has 1 nitrogen and oxygen atoms in total. The highest BCUT2D eigenvalue weighted by Crippen LogP contribution is 2.44. The highest BCUT2D eigenvalue weighted by Gasteiger charge is 2.30. The number of alkyl halides is 2. The van der Waals surface area contributed by atoms with Crippen molar-refractivity contribution >= 4 is 11.6 Å². The summed E-state index contributed by atoms with van der Waals surface area (Å²) < 4.78 is 28.9. The van der Waals surface area contributed by atoms with Crippen LogP contribution in [0.3, 0.4) is 0 Å². The molecule has 138 valence electrons. The van der Waals surface area contributed by atoms with Crippen LogP contribution in [0, 0.1) is 17.8 Å². The van der Waals surface area contributed by atoms with E-state index in [1.807, 2.05) is 12.1 Å². The van der Waals surface area contributed by atoms with Crippen molar-refractivity contribution in [2.24, 2.45) is 17.8 Å². The zero-order valence-electron chi connectivity index (χ0n) is 14.5. The highest BCUT2D eigenvalue weighted by atomic mass is 35.5. The first-order valence-electron chi connectivity index (χ1n) is 9.47. The van der Waals surface area contributed by atoms with Crippen LogP contribution >= 0.6 is 11.6 Å². The van der Waals surface area contributed by atoms with Crippen LogP contribution < -0.4 is 4.74 Å². The third-order valence-corrected chi connectivity index (χ3v) is 6.32. The van der Waals surface area contributed by atoms with Gasteiger partial charge in [-0.1, -0.05) is 29.8 Å². The maximum atomic E-state index is 12.2. The molecule has 0 bridgehead atoms. The Bertz CT molecular complexity index is 542. The Morgan fingerprint density at radius 3 is 1.96 bits per heavy atom. The molecule has 1 aromatic carbocycles. The zero-order valence-corrected chi connectivity index (χ0v) is 15.3. The fourth-order valence-electron chi connectivity index (χ4n) is 4.76. The van der Waals surface area contributed by atoms with Crippen LogP contribution in [0.1, 0.15) is 62.8 Å². The second-order valence-corrected chi connectivity index (χ2v) is 7.80. The van der Waals surface area contributed by atoms with Gasteiger partial charge in [0.05, 0.1) is 0 Å². The molecule has 0 atom stereocenters. The number of ether oxygens (including phenoxy) is 1. The lowest BCUT2D eigenvalue weighted by Crippen LogP contribution is -2.25. The van der Waals surface area contributed by atoms with E-state index in [0.29, 0.717) is 11.8 Å². The number of halogens is 3. The molecule has 2 aliphatic rings. The van der Waals surface area contributed by atoms with E-state index >= 15 is 0 Å². The summed E-state index contributed by atoms with van der Waals surface area (Å²) in [6.07, 6.45) is 12.4. The summed E-state index contributed by atoms with van der Waals surface area (Å²) in [6, 6.07) is 7.23. The highest BCUT2D eigenvalue weighted by molar-refractivity contribution is 6.25. The fourth-order valence-corrected chi connectivity index (χ4v) is 4.96. The molecule has 0 unspecified atom stereocenters. The maximum absolute atomic E-state index is 12.2. The van der Waals surface area contributed by atoms with Crippen molar-refractivity contribution < 1.29 is 13.5 Å². The summed E-state index contributed by atoms with van der Waals surface area (Å²) in [4.78, 5) is 0. The second-order valence-electron chi connectivity index (χ2n) is 7.55. The van der Waals surface area contributed by atoms with Crippen molar-refractivity contribution in [1.29, 1.82) is 0 Å². The molecule has 0 N–H and O–H groups in total. The number of allylic oxidation sites excluding steroid dienone is 1. The Kier molecular flexibility index (Phi) is 6.75. The van der Waals surface area contributed by atoms with E-state index in [0.717, 1.165) is 11.8 Å². The van der Waals surface area contributed by atoms with Gasteiger partial charge in [-0.2, -0.15) is 8.78 Å². The lowest BCUT2D eigenvalue weighted by atomic mass is 9.68. The third kappa shape index (κ3) is 5.20. The summed E-state index contributed by atoms with van der Waals surface area (Å²) >= 11 is 5.70. The summed E-state index contributed by atoms with van der Waals surface area (Å²) in [6.45, 7) is -2.75. The standard InChI is InChI=1S/C21H27ClF2O/c22-14-13-15-1-3-16(4-2-15)17-5-7-18(8-6-17)19-9-11-20(12-10-19)25-21(23)24/h9-18,21H,1-8H2/b14-13+/t15-,16-,17?,18?. The average Bonchev–Trinajstić information content (AvgIpc) is 2.63. The normalized spacial score (nSPS) is 30.7. The van der Waals surface area contributed by atoms with Crippen LogP contribution in [0.15, 0.2) is 35.9 Å². The Labute approximate surface area is 154 Å². The van der Waals surface area contributed by atoms with Crippen LogP contribution in [0.4, 0.5) is 8.78 Å². The second kappa shape index (κ2) is 9.02. The molecule has 2 saturated carbocycles. The van der Waals surface area contributed by atoms with Crippen molar-refractivity contribution in [3.05, 3.63) is 41.4 Å². The molecule has 2 aliphatic carbocycles. The van der Waals surface area contributed by atoms with Gasteiger partial charge in [0, 0.05) is 5.54 Å². The van der Waals surface area contributed by atoms with E-state index in [-0.39, 0.29) is 5.75 Å². The molecule has 0 radical (unpaired) electrons. The number of hydrogen-bond acceptors (Lipinski definition) is 1. The first kappa shape index (κ1) is 18.7. The quantitative estimate of drug-likeness (QED) is 0.537. The first-order valence-corrected chi connectivity index (χ1v) is 9.91.